The molecule has 0 amide bonds. The van der Waals surface area contributed by atoms with E-state index in [0.29, 0.717) is 35.3 Å². The number of aromatic nitrogens is 4. The third-order valence-corrected chi connectivity index (χ3v) is 6.38. The molecule has 2 aromatic heterocycles. The lowest BCUT2D eigenvalue weighted by Gasteiger charge is -2.15. The number of imidazole rings is 1. The minimum Gasteiger partial charge on any atom is -0.492 e. The molecule has 12 heteroatoms. The van der Waals surface area contributed by atoms with E-state index in [2.05, 4.69) is 28.8 Å². The molecule has 2 atom stereocenters. The quantitative estimate of drug-likeness (QED) is 0.220. The van der Waals surface area contributed by atoms with Crippen molar-refractivity contribution in [3.05, 3.63) is 30.6 Å². The van der Waals surface area contributed by atoms with E-state index in [-0.39, 0.29) is 27.0 Å². The fourth-order valence-corrected chi connectivity index (χ4v) is 4.63. The van der Waals surface area contributed by atoms with Gasteiger partial charge in [0.2, 0.25) is 5.95 Å². The number of alkyl halides is 3. The molecule has 7 nitrogen and oxygen atoms in total. The van der Waals surface area contributed by atoms with Crippen LogP contribution in [0.15, 0.2) is 40.5 Å². The summed E-state index contributed by atoms with van der Waals surface area (Å²) < 4.78 is 50.1. The summed E-state index contributed by atoms with van der Waals surface area (Å²) in [6.07, 6.45) is -3.64. The Morgan fingerprint density at radius 3 is 2.67 bits per heavy atom. The van der Waals surface area contributed by atoms with Crippen LogP contribution in [0.2, 0.25) is 0 Å². The van der Waals surface area contributed by atoms with E-state index in [4.69, 9.17) is 15.2 Å². The Balaban J connectivity index is 1.74. The van der Waals surface area contributed by atoms with Crippen molar-refractivity contribution in [2.24, 2.45) is 5.92 Å². The van der Waals surface area contributed by atoms with Crippen LogP contribution < -0.4 is 10.5 Å². The van der Waals surface area contributed by atoms with Crippen LogP contribution in [0.3, 0.4) is 0 Å². The summed E-state index contributed by atoms with van der Waals surface area (Å²) in [5, 5.41) is 0.595. The Labute approximate surface area is 196 Å². The maximum absolute atomic E-state index is 12.3. The van der Waals surface area contributed by atoms with Crippen LogP contribution in [0.4, 0.5) is 19.1 Å². The minimum atomic E-state index is -4.16. The van der Waals surface area contributed by atoms with Gasteiger partial charge in [-0.2, -0.15) is 18.2 Å². The number of para-hydroxylation sites is 1. The zero-order chi connectivity index (χ0) is 24.0. The second-order valence-electron chi connectivity index (χ2n) is 7.87. The molecule has 0 aliphatic rings. The van der Waals surface area contributed by atoms with E-state index in [0.717, 1.165) is 10.6 Å². The molecule has 2 unspecified atom stereocenters. The van der Waals surface area contributed by atoms with E-state index < -0.39 is 12.3 Å². The first kappa shape index (κ1) is 25.5. The molecule has 2 N–H and O–H groups in total. The van der Waals surface area contributed by atoms with Gasteiger partial charge in [0.1, 0.15) is 16.3 Å². The summed E-state index contributed by atoms with van der Waals surface area (Å²) in [4.78, 5) is 14.0. The molecular weight excluding hydrogens is 474 g/mol. The predicted molar refractivity (Wildman–Crippen MR) is 125 cm³/mol. The molecule has 180 valence electrons. The van der Waals surface area contributed by atoms with E-state index in [1.807, 2.05) is 24.3 Å². The number of nitrogens with two attached hydrogens (primary N) is 1. The van der Waals surface area contributed by atoms with Crippen molar-refractivity contribution in [1.82, 2.24) is 19.5 Å². The first-order valence-corrected chi connectivity index (χ1v) is 12.6. The molecule has 33 heavy (non-hydrogen) atoms. The first-order valence-electron chi connectivity index (χ1n) is 10.4. The Hall–Kier alpha value is -2.10. The van der Waals surface area contributed by atoms with Gasteiger partial charge in [0.15, 0.2) is 5.65 Å². The highest BCUT2D eigenvalue weighted by molar-refractivity contribution is 7.99. The number of anilines is 1. The minimum absolute atomic E-state index is 0.0543. The van der Waals surface area contributed by atoms with Crippen LogP contribution in [-0.2, 0) is 11.3 Å². The van der Waals surface area contributed by atoms with Crippen LogP contribution in [0.25, 0.3) is 11.2 Å². The van der Waals surface area contributed by atoms with Gasteiger partial charge in [-0.15, -0.1) is 0 Å². The summed E-state index contributed by atoms with van der Waals surface area (Å²) in [6.45, 7) is 6.93. The van der Waals surface area contributed by atoms with Gasteiger partial charge in [-0.3, -0.25) is 0 Å². The highest BCUT2D eigenvalue weighted by Crippen LogP contribution is 2.37. The van der Waals surface area contributed by atoms with Crippen LogP contribution in [0, 0.1) is 5.92 Å². The van der Waals surface area contributed by atoms with Crippen molar-refractivity contribution in [2.75, 3.05) is 24.9 Å². The molecule has 0 aliphatic carbocycles. The highest BCUT2D eigenvalue weighted by Gasteiger charge is 2.26. The SMILES string of the molecule is CC(C)COc1ccccc1Sc1nc(N)nc2c1ncn2CC(C)OCPCC(F)(F)F. The van der Waals surface area contributed by atoms with Crippen LogP contribution in [0.5, 0.6) is 5.75 Å². The maximum atomic E-state index is 12.3. The van der Waals surface area contributed by atoms with Gasteiger partial charge in [-0.25, -0.2) is 9.97 Å². The van der Waals surface area contributed by atoms with Gasteiger partial charge in [-0.1, -0.05) is 46.3 Å². The fourth-order valence-electron chi connectivity index (χ4n) is 2.88. The number of nitrogen functional groups attached to an aromatic ring is 1. The lowest BCUT2D eigenvalue weighted by molar-refractivity contribution is -0.106. The largest absolute Gasteiger partial charge is 0.492 e. The molecule has 3 aromatic rings. The van der Waals surface area contributed by atoms with Crippen molar-refractivity contribution in [1.29, 1.82) is 0 Å². The van der Waals surface area contributed by atoms with Crippen molar-refractivity contribution in [2.45, 2.75) is 49.5 Å². The van der Waals surface area contributed by atoms with Gasteiger partial charge in [0.25, 0.3) is 0 Å². The number of benzene rings is 1. The standard InChI is InChI=1S/C21H27F3N5O2PS/c1-13(2)9-30-15-6-4-5-7-16(15)33-19-17-18(27-20(25)28-19)29(11-26-17)8-14(3)31-12-32-10-21(22,23)24/h4-7,11,13-14,32H,8-10,12H2,1-3H3,(H2,25,27,28). The fraction of sp³-hybridized carbons (Fsp3) is 0.476. The lowest BCUT2D eigenvalue weighted by Crippen LogP contribution is -2.17. The predicted octanol–water partition coefficient (Wildman–Crippen LogP) is 5.20. The summed E-state index contributed by atoms with van der Waals surface area (Å²) >= 11 is 1.39. The van der Waals surface area contributed by atoms with Gasteiger partial charge in [-0.05, 0) is 25.0 Å². The zero-order valence-corrected chi connectivity index (χ0v) is 20.4. The van der Waals surface area contributed by atoms with Crippen molar-refractivity contribution < 1.29 is 22.6 Å². The van der Waals surface area contributed by atoms with Crippen LogP contribution >= 0.6 is 20.3 Å². The monoisotopic (exact) mass is 501 g/mol. The number of fused-ring (bicyclic) bond motifs is 1. The summed E-state index contributed by atoms with van der Waals surface area (Å²) in [5.74, 6) is 1.24. The Bertz CT molecular complexity index is 1060. The third kappa shape index (κ3) is 7.72. The molecule has 0 fully saturated rings. The third-order valence-electron chi connectivity index (χ3n) is 4.33. The molecule has 2 heterocycles. The number of ether oxygens (including phenoxy) is 2. The average molecular weight is 502 g/mol. The molecule has 3 rings (SSSR count). The van der Waals surface area contributed by atoms with Crippen molar-refractivity contribution in [3.63, 3.8) is 0 Å². The van der Waals surface area contributed by atoms with Gasteiger partial charge in [0, 0.05) is 0 Å². The molecule has 0 saturated carbocycles. The van der Waals surface area contributed by atoms with E-state index >= 15 is 0 Å². The van der Waals surface area contributed by atoms with Gasteiger partial charge < -0.3 is 19.8 Å². The molecule has 0 aliphatic heterocycles. The van der Waals surface area contributed by atoms with E-state index in [1.54, 1.807) is 17.8 Å². The first-order chi connectivity index (χ1) is 15.6. The number of hydrogen-bond acceptors (Lipinski definition) is 7. The molecule has 1 aromatic carbocycles. The normalized spacial score (nSPS) is 13.4. The maximum Gasteiger partial charge on any atom is 0.392 e. The van der Waals surface area contributed by atoms with Gasteiger partial charge >= 0.3 is 6.18 Å². The van der Waals surface area contributed by atoms with Gasteiger partial charge in [0.05, 0.1) is 43.0 Å². The van der Waals surface area contributed by atoms with Crippen LogP contribution in [0.1, 0.15) is 20.8 Å². The van der Waals surface area contributed by atoms with Crippen LogP contribution in [-0.4, -0.2) is 50.9 Å². The number of rotatable bonds is 11. The topological polar surface area (TPSA) is 88.1 Å². The smallest absolute Gasteiger partial charge is 0.392 e. The summed E-state index contributed by atoms with van der Waals surface area (Å²) in [6, 6.07) is 7.68. The average Bonchev–Trinajstić information content (AvgIpc) is 3.12. The molecule has 0 spiro atoms. The Morgan fingerprint density at radius 2 is 1.94 bits per heavy atom. The summed E-state index contributed by atoms with van der Waals surface area (Å²) in [7, 11) is -0.331. The Morgan fingerprint density at radius 1 is 1.18 bits per heavy atom. The number of nitrogens with zero attached hydrogens (tertiary/aromatic N) is 4. The number of hydrogen-bond donors (Lipinski definition) is 1. The van der Waals surface area contributed by atoms with Crippen molar-refractivity contribution >= 4 is 37.5 Å². The highest BCUT2D eigenvalue weighted by atomic mass is 32.2. The van der Waals surface area contributed by atoms with Crippen molar-refractivity contribution in [3.8, 4) is 5.75 Å². The van der Waals surface area contributed by atoms with E-state index in [9.17, 15) is 13.2 Å². The second-order valence-corrected chi connectivity index (χ2v) is 10.0. The van der Waals surface area contributed by atoms with E-state index in [1.165, 1.54) is 11.8 Å². The molecular formula is C21H27F3N5O2PS. The number of halogens is 3. The molecule has 0 bridgehead atoms. The second kappa shape index (κ2) is 11.4. The lowest BCUT2D eigenvalue weighted by atomic mass is 10.2. The summed E-state index contributed by atoms with van der Waals surface area (Å²) in [5.41, 5.74) is 7.09. The molecule has 0 radical (unpaired) electrons. The Kier molecular flexibility index (Phi) is 8.78. The zero-order valence-electron chi connectivity index (χ0n) is 18.6. The molecule has 0 saturated heterocycles.